The molecule has 0 unspecified atom stereocenters. The lowest BCUT2D eigenvalue weighted by Crippen LogP contribution is -2.31. The highest BCUT2D eigenvalue weighted by Crippen LogP contribution is 2.29. The van der Waals surface area contributed by atoms with Crippen LogP contribution in [0.3, 0.4) is 0 Å². The lowest BCUT2D eigenvalue weighted by Gasteiger charge is -2.20. The van der Waals surface area contributed by atoms with Gasteiger partial charge in [0.2, 0.25) is 10.0 Å². The Bertz CT molecular complexity index is 510. The van der Waals surface area contributed by atoms with Crippen molar-refractivity contribution in [2.45, 2.75) is 25.7 Å². The molecular formula is C11H15Cl2NO2S. The number of rotatable bonds is 4. The van der Waals surface area contributed by atoms with Crippen molar-refractivity contribution < 1.29 is 8.42 Å². The van der Waals surface area contributed by atoms with Crippen molar-refractivity contribution in [2.24, 2.45) is 0 Å². The van der Waals surface area contributed by atoms with Crippen LogP contribution < -0.4 is 0 Å². The maximum absolute atomic E-state index is 12.3. The summed E-state index contributed by atoms with van der Waals surface area (Å²) in [6, 6.07) is 2.98. The van der Waals surface area contributed by atoms with E-state index in [9.17, 15) is 8.42 Å². The van der Waals surface area contributed by atoms with E-state index >= 15 is 0 Å². The van der Waals surface area contributed by atoms with Crippen molar-refractivity contribution in [2.75, 3.05) is 13.1 Å². The second kappa shape index (κ2) is 5.57. The highest BCUT2D eigenvalue weighted by molar-refractivity contribution is 7.89. The number of nitrogens with zero attached hydrogens (tertiary/aromatic N) is 1. The molecule has 1 aromatic carbocycles. The molecule has 0 spiro atoms. The van der Waals surface area contributed by atoms with Gasteiger partial charge in [-0.3, -0.25) is 0 Å². The highest BCUT2D eigenvalue weighted by atomic mass is 35.5. The second-order valence-corrected chi connectivity index (χ2v) is 6.34. The minimum atomic E-state index is -3.48. The number of hydrogen-bond acceptors (Lipinski definition) is 2. The molecule has 0 heterocycles. The van der Waals surface area contributed by atoms with Crippen LogP contribution >= 0.6 is 23.2 Å². The fourth-order valence-corrected chi connectivity index (χ4v) is 3.75. The summed E-state index contributed by atoms with van der Waals surface area (Å²) >= 11 is 11.7. The van der Waals surface area contributed by atoms with Crippen LogP contribution in [0.4, 0.5) is 0 Å². The molecule has 0 fully saturated rings. The Balaban J connectivity index is 3.38. The third-order valence-corrected chi connectivity index (χ3v) is 5.46. The van der Waals surface area contributed by atoms with Gasteiger partial charge in [0.25, 0.3) is 0 Å². The van der Waals surface area contributed by atoms with Gasteiger partial charge in [0.05, 0.1) is 14.9 Å². The minimum Gasteiger partial charge on any atom is -0.207 e. The van der Waals surface area contributed by atoms with E-state index in [2.05, 4.69) is 0 Å². The number of hydrogen-bond donors (Lipinski definition) is 0. The van der Waals surface area contributed by atoms with Gasteiger partial charge in [0.15, 0.2) is 0 Å². The monoisotopic (exact) mass is 295 g/mol. The molecule has 96 valence electrons. The van der Waals surface area contributed by atoms with Crippen LogP contribution in [-0.2, 0) is 10.0 Å². The third-order valence-electron chi connectivity index (χ3n) is 2.54. The predicted octanol–water partition coefficient (Wildman–Crippen LogP) is 3.33. The quantitative estimate of drug-likeness (QED) is 0.854. The number of halogens is 2. The Morgan fingerprint density at radius 3 is 2.06 bits per heavy atom. The normalized spacial score (nSPS) is 12.1. The number of benzene rings is 1. The van der Waals surface area contributed by atoms with E-state index in [1.165, 1.54) is 10.4 Å². The van der Waals surface area contributed by atoms with E-state index in [4.69, 9.17) is 23.2 Å². The molecule has 0 aromatic heterocycles. The van der Waals surface area contributed by atoms with Crippen LogP contribution in [0.2, 0.25) is 10.0 Å². The van der Waals surface area contributed by atoms with Gasteiger partial charge in [0, 0.05) is 13.1 Å². The van der Waals surface area contributed by atoms with Gasteiger partial charge in [-0.05, 0) is 24.6 Å². The van der Waals surface area contributed by atoms with Gasteiger partial charge >= 0.3 is 0 Å². The fraction of sp³-hybridized carbons (Fsp3) is 0.455. The Morgan fingerprint density at radius 2 is 1.59 bits per heavy atom. The summed E-state index contributed by atoms with van der Waals surface area (Å²) in [6.07, 6.45) is 0. The van der Waals surface area contributed by atoms with Crippen LogP contribution in [0.5, 0.6) is 0 Å². The van der Waals surface area contributed by atoms with Crippen LogP contribution in [0.25, 0.3) is 0 Å². The maximum atomic E-state index is 12.3. The first-order valence-electron chi connectivity index (χ1n) is 5.30. The van der Waals surface area contributed by atoms with E-state index in [0.717, 1.165) is 0 Å². The Labute approximate surface area is 112 Å². The molecule has 0 aliphatic heterocycles. The summed E-state index contributed by atoms with van der Waals surface area (Å²) in [5.41, 5.74) is 0.603. The maximum Gasteiger partial charge on any atom is 0.243 e. The highest BCUT2D eigenvalue weighted by Gasteiger charge is 2.24. The van der Waals surface area contributed by atoms with Gasteiger partial charge in [-0.2, -0.15) is 4.31 Å². The van der Waals surface area contributed by atoms with Crippen molar-refractivity contribution in [3.05, 3.63) is 27.7 Å². The summed E-state index contributed by atoms with van der Waals surface area (Å²) in [7, 11) is -3.48. The Kier molecular flexibility index (Phi) is 4.84. The zero-order valence-electron chi connectivity index (χ0n) is 10.00. The van der Waals surface area contributed by atoms with Gasteiger partial charge < -0.3 is 0 Å². The van der Waals surface area contributed by atoms with Crippen molar-refractivity contribution in [3.8, 4) is 0 Å². The Morgan fingerprint density at radius 1 is 1.12 bits per heavy atom. The molecule has 0 aliphatic carbocycles. The molecule has 0 N–H and O–H groups in total. The molecule has 0 saturated carbocycles. The predicted molar refractivity (Wildman–Crippen MR) is 71.3 cm³/mol. The lowest BCUT2D eigenvalue weighted by atomic mass is 10.2. The van der Waals surface area contributed by atoms with E-state index in [1.54, 1.807) is 26.8 Å². The largest absolute Gasteiger partial charge is 0.243 e. The van der Waals surface area contributed by atoms with E-state index in [1.807, 2.05) is 0 Å². The van der Waals surface area contributed by atoms with Gasteiger partial charge in [-0.1, -0.05) is 37.0 Å². The van der Waals surface area contributed by atoms with Gasteiger partial charge in [-0.25, -0.2) is 8.42 Å². The number of sulfonamides is 1. The topological polar surface area (TPSA) is 37.4 Å². The molecule has 0 saturated heterocycles. The van der Waals surface area contributed by atoms with E-state index in [-0.39, 0.29) is 9.92 Å². The zero-order valence-corrected chi connectivity index (χ0v) is 12.3. The average molecular weight is 296 g/mol. The van der Waals surface area contributed by atoms with Crippen molar-refractivity contribution in [1.82, 2.24) is 4.31 Å². The van der Waals surface area contributed by atoms with Crippen molar-refractivity contribution in [3.63, 3.8) is 0 Å². The van der Waals surface area contributed by atoms with Crippen molar-refractivity contribution >= 4 is 33.2 Å². The summed E-state index contributed by atoms with van der Waals surface area (Å²) in [4.78, 5) is 0.218. The van der Waals surface area contributed by atoms with Crippen molar-refractivity contribution in [1.29, 1.82) is 0 Å². The van der Waals surface area contributed by atoms with E-state index < -0.39 is 10.0 Å². The molecule has 0 bridgehead atoms. The summed E-state index contributed by atoms with van der Waals surface area (Å²) in [5.74, 6) is 0. The number of aryl methyl sites for hydroxylation is 1. The first kappa shape index (κ1) is 14.8. The molecule has 0 atom stereocenters. The Hall–Kier alpha value is -0.290. The molecule has 17 heavy (non-hydrogen) atoms. The van der Waals surface area contributed by atoms with Gasteiger partial charge in [0.1, 0.15) is 0 Å². The summed E-state index contributed by atoms with van der Waals surface area (Å²) < 4.78 is 26.0. The SMILES string of the molecule is CCN(CC)S(=O)(=O)c1cc(Cl)c(Cl)cc1C. The summed E-state index contributed by atoms with van der Waals surface area (Å²) in [6.45, 7) is 6.16. The zero-order chi connectivity index (χ0) is 13.2. The first-order chi connectivity index (χ1) is 7.84. The molecule has 3 nitrogen and oxygen atoms in total. The molecular weight excluding hydrogens is 281 g/mol. The third kappa shape index (κ3) is 2.94. The first-order valence-corrected chi connectivity index (χ1v) is 7.50. The van der Waals surface area contributed by atoms with Crippen LogP contribution in [0.1, 0.15) is 19.4 Å². The molecule has 0 aliphatic rings. The second-order valence-electron chi connectivity index (χ2n) is 3.62. The molecule has 0 amide bonds. The molecule has 1 rings (SSSR count). The van der Waals surface area contributed by atoms with Crippen LogP contribution in [-0.4, -0.2) is 25.8 Å². The standard InChI is InChI=1S/C11H15Cl2NO2S/c1-4-14(5-2)17(15,16)11-7-10(13)9(12)6-8(11)3/h6-7H,4-5H2,1-3H3. The summed E-state index contributed by atoms with van der Waals surface area (Å²) in [5, 5.41) is 0.616. The van der Waals surface area contributed by atoms with Gasteiger partial charge in [-0.15, -0.1) is 0 Å². The van der Waals surface area contributed by atoms with Crippen LogP contribution in [0, 0.1) is 6.92 Å². The lowest BCUT2D eigenvalue weighted by molar-refractivity contribution is 0.445. The smallest absolute Gasteiger partial charge is 0.207 e. The molecule has 0 radical (unpaired) electrons. The van der Waals surface area contributed by atoms with Crippen LogP contribution in [0.15, 0.2) is 17.0 Å². The average Bonchev–Trinajstić information content (AvgIpc) is 2.24. The minimum absolute atomic E-state index is 0.218. The molecule has 1 aromatic rings. The fourth-order valence-electron chi connectivity index (χ4n) is 1.61. The van der Waals surface area contributed by atoms with E-state index in [0.29, 0.717) is 23.7 Å². The molecule has 6 heteroatoms.